The highest BCUT2D eigenvalue weighted by Crippen LogP contribution is 2.40. The van der Waals surface area contributed by atoms with Gasteiger partial charge in [0.05, 0.1) is 15.0 Å². The Kier molecular flexibility index (Phi) is 4.51. The van der Waals surface area contributed by atoms with Crippen molar-refractivity contribution in [3.05, 3.63) is 48.6 Å². The van der Waals surface area contributed by atoms with Crippen molar-refractivity contribution in [2.24, 2.45) is 0 Å². The fourth-order valence-corrected chi connectivity index (χ4v) is 2.23. The molecule has 2 rings (SSSR count). The van der Waals surface area contributed by atoms with Crippen molar-refractivity contribution >= 4 is 40.5 Å². The summed E-state index contributed by atoms with van der Waals surface area (Å²) in [5.41, 5.74) is 1.14. The van der Waals surface area contributed by atoms with E-state index in [-0.39, 0.29) is 32.5 Å². The van der Waals surface area contributed by atoms with Gasteiger partial charge in [0, 0.05) is 17.7 Å². The number of halogens is 3. The lowest BCUT2D eigenvalue weighted by atomic mass is 10.2. The zero-order valence-electron chi connectivity index (χ0n) is 10.9. The number of nitro benzene ring substituents is 1. The summed E-state index contributed by atoms with van der Waals surface area (Å²) in [7, 11) is 0. The van der Waals surface area contributed by atoms with Gasteiger partial charge >= 0.3 is 0 Å². The summed E-state index contributed by atoms with van der Waals surface area (Å²) in [6.45, 7) is 3.51. The fraction of sp³-hybridized carbons (Fsp3) is 0.167. The summed E-state index contributed by atoms with van der Waals surface area (Å²) >= 11 is 17.8. The Morgan fingerprint density at radius 3 is 2.19 bits per heavy atom. The Bertz CT molecular complexity index is 714. The molecule has 0 aliphatic carbocycles. The van der Waals surface area contributed by atoms with Crippen LogP contribution in [0.4, 0.5) is 5.69 Å². The summed E-state index contributed by atoms with van der Waals surface area (Å²) in [6.07, 6.45) is 0. The summed E-state index contributed by atoms with van der Waals surface area (Å²) in [5, 5.41) is 18.5. The van der Waals surface area contributed by atoms with Crippen molar-refractivity contribution in [1.29, 1.82) is 0 Å². The average Bonchev–Trinajstić information content (AvgIpc) is 2.42. The molecule has 0 bridgehead atoms. The van der Waals surface area contributed by atoms with Crippen LogP contribution in [0.25, 0.3) is 0 Å². The molecule has 0 aliphatic heterocycles. The molecule has 6 nitrogen and oxygen atoms in total. The molecule has 0 amide bonds. The molecule has 1 aromatic heterocycles. The van der Waals surface area contributed by atoms with Crippen molar-refractivity contribution in [2.75, 3.05) is 0 Å². The lowest BCUT2D eigenvalue weighted by Gasteiger charge is -2.11. The summed E-state index contributed by atoms with van der Waals surface area (Å²) in [5.74, 6) is 0.248. The monoisotopic (exact) mass is 347 g/mol. The van der Waals surface area contributed by atoms with E-state index in [0.717, 1.165) is 12.1 Å². The first-order valence-corrected chi connectivity index (χ1v) is 6.75. The van der Waals surface area contributed by atoms with E-state index in [1.54, 1.807) is 13.8 Å². The zero-order chi connectivity index (χ0) is 15.7. The number of non-ortho nitro benzene ring substituents is 1. The largest absolute Gasteiger partial charge is 0.434 e. The van der Waals surface area contributed by atoms with Crippen LogP contribution < -0.4 is 4.74 Å². The SMILES string of the molecule is Cc1c(Cl)nnc(Oc2c(Cl)cc([N+](=O)[O-])cc2Cl)c1C. The molecule has 0 radical (unpaired) electrons. The minimum Gasteiger partial charge on any atom is -0.434 e. The first-order chi connectivity index (χ1) is 9.81. The molecule has 0 fully saturated rings. The third-order valence-electron chi connectivity index (χ3n) is 2.81. The highest BCUT2D eigenvalue weighted by molar-refractivity contribution is 6.37. The van der Waals surface area contributed by atoms with Crippen molar-refractivity contribution in [3.8, 4) is 11.6 Å². The summed E-state index contributed by atoms with van der Waals surface area (Å²) in [4.78, 5) is 10.1. The number of ether oxygens (including phenoxy) is 1. The van der Waals surface area contributed by atoms with Crippen LogP contribution in [0.15, 0.2) is 12.1 Å². The topological polar surface area (TPSA) is 78.2 Å². The second-order valence-corrected chi connectivity index (χ2v) is 5.32. The highest BCUT2D eigenvalue weighted by atomic mass is 35.5. The van der Waals surface area contributed by atoms with E-state index in [1.165, 1.54) is 0 Å². The van der Waals surface area contributed by atoms with Gasteiger partial charge in [0.1, 0.15) is 0 Å². The van der Waals surface area contributed by atoms with E-state index in [0.29, 0.717) is 11.1 Å². The fourth-order valence-electron chi connectivity index (χ4n) is 1.50. The quantitative estimate of drug-likeness (QED) is 0.590. The molecule has 0 N–H and O–H groups in total. The van der Waals surface area contributed by atoms with Crippen LogP contribution in [0, 0.1) is 24.0 Å². The molecule has 2 aromatic rings. The molecule has 0 saturated heterocycles. The van der Waals surface area contributed by atoms with Gasteiger partial charge in [0.25, 0.3) is 5.69 Å². The van der Waals surface area contributed by atoms with Crippen molar-refractivity contribution in [3.63, 3.8) is 0 Å². The van der Waals surface area contributed by atoms with Gasteiger partial charge in [-0.1, -0.05) is 34.8 Å². The second kappa shape index (κ2) is 6.01. The maximum atomic E-state index is 10.7. The van der Waals surface area contributed by atoms with Crippen LogP contribution in [0.1, 0.15) is 11.1 Å². The smallest absolute Gasteiger partial charge is 0.272 e. The van der Waals surface area contributed by atoms with E-state index >= 15 is 0 Å². The summed E-state index contributed by atoms with van der Waals surface area (Å²) < 4.78 is 5.52. The average molecular weight is 349 g/mol. The van der Waals surface area contributed by atoms with Crippen LogP contribution in [0.5, 0.6) is 11.6 Å². The minimum absolute atomic E-state index is 0.00278. The number of aromatic nitrogens is 2. The third kappa shape index (κ3) is 3.18. The van der Waals surface area contributed by atoms with Gasteiger partial charge < -0.3 is 4.74 Å². The zero-order valence-corrected chi connectivity index (χ0v) is 13.1. The molecule has 21 heavy (non-hydrogen) atoms. The number of nitro groups is 1. The van der Waals surface area contributed by atoms with Crippen LogP contribution in [-0.4, -0.2) is 15.1 Å². The third-order valence-corrected chi connectivity index (χ3v) is 3.73. The van der Waals surface area contributed by atoms with E-state index in [1.807, 2.05) is 0 Å². The Morgan fingerprint density at radius 1 is 1.10 bits per heavy atom. The van der Waals surface area contributed by atoms with Crippen molar-refractivity contribution in [2.45, 2.75) is 13.8 Å². The highest BCUT2D eigenvalue weighted by Gasteiger charge is 2.18. The first kappa shape index (κ1) is 15.8. The molecular weight excluding hydrogens is 341 g/mol. The molecule has 0 aliphatic rings. The lowest BCUT2D eigenvalue weighted by Crippen LogP contribution is -1.99. The van der Waals surface area contributed by atoms with Crippen molar-refractivity contribution < 1.29 is 9.66 Å². The van der Waals surface area contributed by atoms with Gasteiger partial charge in [-0.2, -0.15) is 0 Å². The van der Waals surface area contributed by atoms with Gasteiger partial charge in [-0.15, -0.1) is 10.2 Å². The Labute approximate surface area is 134 Å². The molecule has 0 atom stereocenters. The van der Waals surface area contributed by atoms with Crippen LogP contribution in [-0.2, 0) is 0 Å². The molecule has 110 valence electrons. The van der Waals surface area contributed by atoms with Gasteiger partial charge in [-0.3, -0.25) is 10.1 Å². The van der Waals surface area contributed by atoms with E-state index in [2.05, 4.69) is 10.2 Å². The molecule has 9 heteroatoms. The van der Waals surface area contributed by atoms with E-state index in [4.69, 9.17) is 39.5 Å². The Hall–Kier alpha value is -1.63. The number of hydrogen-bond donors (Lipinski definition) is 0. The number of nitrogens with zero attached hydrogens (tertiary/aromatic N) is 3. The Balaban J connectivity index is 2.45. The number of rotatable bonds is 3. The molecule has 0 spiro atoms. The second-order valence-electron chi connectivity index (χ2n) is 4.14. The van der Waals surface area contributed by atoms with E-state index in [9.17, 15) is 10.1 Å². The van der Waals surface area contributed by atoms with Crippen molar-refractivity contribution in [1.82, 2.24) is 10.2 Å². The lowest BCUT2D eigenvalue weighted by molar-refractivity contribution is -0.384. The predicted molar refractivity (Wildman–Crippen MR) is 79.7 cm³/mol. The van der Waals surface area contributed by atoms with Crippen LogP contribution in [0.3, 0.4) is 0 Å². The first-order valence-electron chi connectivity index (χ1n) is 5.62. The maximum Gasteiger partial charge on any atom is 0.272 e. The molecule has 1 aromatic carbocycles. The molecule has 0 saturated carbocycles. The van der Waals surface area contributed by atoms with Crippen LogP contribution in [0.2, 0.25) is 15.2 Å². The van der Waals surface area contributed by atoms with Gasteiger partial charge in [-0.05, 0) is 19.4 Å². The summed E-state index contributed by atoms with van der Waals surface area (Å²) in [6, 6.07) is 2.29. The Morgan fingerprint density at radius 2 is 1.67 bits per heavy atom. The van der Waals surface area contributed by atoms with Gasteiger partial charge in [-0.25, -0.2) is 0 Å². The van der Waals surface area contributed by atoms with Gasteiger partial charge in [0.15, 0.2) is 10.9 Å². The normalized spacial score (nSPS) is 10.5. The maximum absolute atomic E-state index is 10.7. The number of benzene rings is 1. The minimum atomic E-state index is -0.598. The molecule has 1 heterocycles. The predicted octanol–water partition coefficient (Wildman–Crippen LogP) is 4.75. The van der Waals surface area contributed by atoms with E-state index < -0.39 is 4.92 Å². The van der Waals surface area contributed by atoms with Crippen LogP contribution >= 0.6 is 34.8 Å². The standard InChI is InChI=1S/C12H8Cl3N3O3/c1-5-6(2)12(17-16-11(5)15)21-10-8(13)3-7(18(19)20)4-9(10)14/h3-4H,1-2H3. The van der Waals surface area contributed by atoms with Gasteiger partial charge in [0.2, 0.25) is 5.88 Å². The number of hydrogen-bond acceptors (Lipinski definition) is 5. The molecular formula is C12H8Cl3N3O3. The molecule has 0 unspecified atom stereocenters.